The van der Waals surface area contributed by atoms with Gasteiger partial charge in [-0.1, -0.05) is 0 Å². The topological polar surface area (TPSA) is 57.6 Å². The van der Waals surface area contributed by atoms with E-state index >= 15 is 0 Å². The maximum Gasteiger partial charge on any atom is 0.214 e. The van der Waals surface area contributed by atoms with E-state index in [0.717, 1.165) is 12.8 Å². The van der Waals surface area contributed by atoms with Crippen LogP contribution >= 0.6 is 0 Å². The minimum Gasteiger partial charge on any atom is -0.393 e. The Hall–Kier alpha value is -0.130. The molecule has 1 heterocycles. The van der Waals surface area contributed by atoms with Gasteiger partial charge in [-0.25, -0.2) is 12.7 Å². The van der Waals surface area contributed by atoms with E-state index in [9.17, 15) is 13.5 Å². The van der Waals surface area contributed by atoms with Crippen molar-refractivity contribution in [3.63, 3.8) is 0 Å². The fraction of sp³-hybridized carbons (Fsp3) is 1.00. The molecule has 0 aromatic heterocycles. The quantitative estimate of drug-likeness (QED) is 0.737. The molecule has 14 heavy (non-hydrogen) atoms. The molecular formula is C9H17NO3S. The second-order valence-corrected chi connectivity index (χ2v) is 6.37. The highest BCUT2D eigenvalue weighted by molar-refractivity contribution is 7.89. The van der Waals surface area contributed by atoms with Crippen LogP contribution in [0.2, 0.25) is 0 Å². The van der Waals surface area contributed by atoms with E-state index in [1.165, 1.54) is 4.31 Å². The fourth-order valence-electron chi connectivity index (χ4n) is 1.81. The summed E-state index contributed by atoms with van der Waals surface area (Å²) < 4.78 is 25.1. The van der Waals surface area contributed by atoms with E-state index < -0.39 is 10.0 Å². The zero-order valence-corrected chi connectivity index (χ0v) is 9.04. The highest BCUT2D eigenvalue weighted by Gasteiger charge is 2.33. The summed E-state index contributed by atoms with van der Waals surface area (Å²) in [5, 5.41) is 9.27. The SMILES string of the molecule is O=S(=O)(CC1CC1)N1CCC(O)CC1. The fourth-order valence-corrected chi connectivity index (χ4v) is 3.72. The molecule has 1 aliphatic carbocycles. The van der Waals surface area contributed by atoms with Crippen molar-refractivity contribution in [1.82, 2.24) is 4.31 Å². The van der Waals surface area contributed by atoms with Crippen molar-refractivity contribution in [3.8, 4) is 0 Å². The first-order valence-corrected chi connectivity index (χ1v) is 6.85. The van der Waals surface area contributed by atoms with E-state index in [0.29, 0.717) is 37.6 Å². The molecular weight excluding hydrogens is 202 g/mol. The lowest BCUT2D eigenvalue weighted by Gasteiger charge is -2.28. The summed E-state index contributed by atoms with van der Waals surface area (Å²) in [6.07, 6.45) is 3.00. The molecule has 0 spiro atoms. The van der Waals surface area contributed by atoms with Gasteiger partial charge in [0.05, 0.1) is 11.9 Å². The number of hydrogen-bond acceptors (Lipinski definition) is 3. The molecule has 2 fully saturated rings. The Kier molecular flexibility index (Phi) is 2.81. The molecule has 0 bridgehead atoms. The number of aliphatic hydroxyl groups is 1. The van der Waals surface area contributed by atoms with Crippen LogP contribution in [0.4, 0.5) is 0 Å². The Bertz CT molecular complexity index is 289. The molecule has 0 aromatic rings. The van der Waals surface area contributed by atoms with E-state index in [4.69, 9.17) is 0 Å². The molecule has 0 unspecified atom stereocenters. The average molecular weight is 219 g/mol. The third kappa shape index (κ3) is 2.46. The normalized spacial score (nSPS) is 26.6. The van der Waals surface area contributed by atoms with Gasteiger partial charge in [-0.2, -0.15) is 0 Å². The predicted octanol–water partition coefficient (Wildman–Crippen LogP) is 0.183. The van der Waals surface area contributed by atoms with Gasteiger partial charge in [0.1, 0.15) is 0 Å². The maximum atomic E-state index is 11.8. The van der Waals surface area contributed by atoms with Crippen LogP contribution in [0.5, 0.6) is 0 Å². The van der Waals surface area contributed by atoms with Gasteiger partial charge in [-0.05, 0) is 31.6 Å². The molecule has 4 nitrogen and oxygen atoms in total. The Morgan fingerprint density at radius 1 is 1.14 bits per heavy atom. The second-order valence-electron chi connectivity index (χ2n) is 4.35. The predicted molar refractivity (Wildman–Crippen MR) is 53.3 cm³/mol. The summed E-state index contributed by atoms with van der Waals surface area (Å²) in [4.78, 5) is 0. The number of piperidine rings is 1. The zero-order valence-electron chi connectivity index (χ0n) is 8.22. The van der Waals surface area contributed by atoms with Gasteiger partial charge in [0.25, 0.3) is 0 Å². The van der Waals surface area contributed by atoms with Gasteiger partial charge in [-0.3, -0.25) is 0 Å². The first kappa shape index (κ1) is 10.4. The van der Waals surface area contributed by atoms with Crippen LogP contribution in [0.15, 0.2) is 0 Å². The van der Waals surface area contributed by atoms with E-state index in [2.05, 4.69) is 0 Å². The summed E-state index contributed by atoms with van der Waals surface area (Å²) in [6, 6.07) is 0. The monoisotopic (exact) mass is 219 g/mol. The van der Waals surface area contributed by atoms with Crippen molar-refractivity contribution in [2.24, 2.45) is 5.92 Å². The van der Waals surface area contributed by atoms with Gasteiger partial charge in [0.15, 0.2) is 0 Å². The van der Waals surface area contributed by atoms with E-state index in [-0.39, 0.29) is 6.10 Å². The van der Waals surface area contributed by atoms with Crippen molar-refractivity contribution >= 4 is 10.0 Å². The van der Waals surface area contributed by atoms with Crippen molar-refractivity contribution in [2.45, 2.75) is 31.8 Å². The Labute approximate surface area is 85.0 Å². The van der Waals surface area contributed by atoms with Crippen molar-refractivity contribution in [3.05, 3.63) is 0 Å². The molecule has 1 saturated carbocycles. The summed E-state index contributed by atoms with van der Waals surface area (Å²) in [7, 11) is -3.02. The van der Waals surface area contributed by atoms with Gasteiger partial charge < -0.3 is 5.11 Å². The number of nitrogens with zero attached hydrogens (tertiary/aromatic N) is 1. The van der Waals surface area contributed by atoms with Crippen LogP contribution in [-0.2, 0) is 10.0 Å². The highest BCUT2D eigenvalue weighted by Crippen LogP contribution is 2.31. The van der Waals surface area contributed by atoms with Crippen LogP contribution in [0.1, 0.15) is 25.7 Å². The number of sulfonamides is 1. The summed E-state index contributed by atoms with van der Waals surface area (Å²) in [5.74, 6) is 0.732. The van der Waals surface area contributed by atoms with Gasteiger partial charge in [0, 0.05) is 13.1 Å². The van der Waals surface area contributed by atoms with Crippen LogP contribution in [-0.4, -0.2) is 42.8 Å². The maximum absolute atomic E-state index is 11.8. The van der Waals surface area contributed by atoms with Gasteiger partial charge in [-0.15, -0.1) is 0 Å². The highest BCUT2D eigenvalue weighted by atomic mass is 32.2. The van der Waals surface area contributed by atoms with Crippen LogP contribution in [0.3, 0.4) is 0 Å². The molecule has 2 aliphatic rings. The Morgan fingerprint density at radius 2 is 1.71 bits per heavy atom. The molecule has 1 aliphatic heterocycles. The molecule has 1 N–H and O–H groups in total. The third-order valence-electron chi connectivity index (χ3n) is 2.96. The first-order valence-electron chi connectivity index (χ1n) is 5.24. The number of hydrogen-bond donors (Lipinski definition) is 1. The first-order chi connectivity index (χ1) is 6.58. The number of aliphatic hydroxyl groups excluding tert-OH is 1. The molecule has 5 heteroatoms. The summed E-state index contributed by atoms with van der Waals surface area (Å²) in [5.41, 5.74) is 0. The Morgan fingerprint density at radius 3 is 2.21 bits per heavy atom. The van der Waals surface area contributed by atoms with Gasteiger partial charge in [0.2, 0.25) is 10.0 Å². The molecule has 0 amide bonds. The van der Waals surface area contributed by atoms with Crippen LogP contribution in [0.25, 0.3) is 0 Å². The lowest BCUT2D eigenvalue weighted by molar-refractivity contribution is 0.113. The minimum atomic E-state index is -3.02. The lowest BCUT2D eigenvalue weighted by Crippen LogP contribution is -2.41. The van der Waals surface area contributed by atoms with E-state index in [1.807, 2.05) is 0 Å². The van der Waals surface area contributed by atoms with Crippen molar-refractivity contribution < 1.29 is 13.5 Å². The average Bonchev–Trinajstić information content (AvgIpc) is 2.88. The van der Waals surface area contributed by atoms with Crippen molar-refractivity contribution in [2.75, 3.05) is 18.8 Å². The van der Waals surface area contributed by atoms with Crippen molar-refractivity contribution in [1.29, 1.82) is 0 Å². The lowest BCUT2D eigenvalue weighted by atomic mass is 10.1. The Balaban J connectivity index is 1.92. The third-order valence-corrected chi connectivity index (χ3v) is 5.00. The molecule has 0 atom stereocenters. The van der Waals surface area contributed by atoms with Crippen LogP contribution < -0.4 is 0 Å². The minimum absolute atomic E-state index is 0.303. The van der Waals surface area contributed by atoms with Crippen LogP contribution in [0, 0.1) is 5.92 Å². The molecule has 1 saturated heterocycles. The summed E-state index contributed by atoms with van der Waals surface area (Å²) in [6.45, 7) is 0.993. The second kappa shape index (κ2) is 3.79. The molecule has 0 aromatic carbocycles. The summed E-state index contributed by atoms with van der Waals surface area (Å²) >= 11 is 0. The molecule has 2 rings (SSSR count). The largest absolute Gasteiger partial charge is 0.393 e. The van der Waals surface area contributed by atoms with E-state index in [1.54, 1.807) is 0 Å². The zero-order chi connectivity index (χ0) is 10.2. The molecule has 82 valence electrons. The number of rotatable bonds is 3. The molecule has 0 radical (unpaired) electrons. The smallest absolute Gasteiger partial charge is 0.214 e. The standard InChI is InChI=1S/C9H17NO3S/c11-9-3-5-10(6-4-9)14(12,13)7-8-1-2-8/h8-9,11H,1-7H2. The van der Waals surface area contributed by atoms with Gasteiger partial charge >= 0.3 is 0 Å².